The van der Waals surface area contributed by atoms with Gasteiger partial charge in [-0.25, -0.2) is 8.42 Å². The molecule has 0 aliphatic carbocycles. The lowest BCUT2D eigenvalue weighted by Crippen LogP contribution is -2.35. The number of benzene rings is 1. The van der Waals surface area contributed by atoms with Crippen molar-refractivity contribution < 1.29 is 13.5 Å². The third kappa shape index (κ3) is 2.91. The van der Waals surface area contributed by atoms with Gasteiger partial charge in [-0.15, -0.1) is 0 Å². The van der Waals surface area contributed by atoms with E-state index in [1.807, 2.05) is 0 Å². The van der Waals surface area contributed by atoms with Gasteiger partial charge in [0.25, 0.3) is 0 Å². The van der Waals surface area contributed by atoms with Crippen LogP contribution >= 0.6 is 0 Å². The first-order chi connectivity index (χ1) is 11.1. The van der Waals surface area contributed by atoms with Gasteiger partial charge in [-0.3, -0.25) is 4.98 Å². The highest BCUT2D eigenvalue weighted by atomic mass is 32.2. The SMILES string of the molecule is CNCc1cc(S(=O)(=O)N2CCCCC2)c2cccnc2c1O. The van der Waals surface area contributed by atoms with Crippen LogP contribution < -0.4 is 5.32 Å². The molecule has 0 amide bonds. The quantitative estimate of drug-likeness (QED) is 0.891. The van der Waals surface area contributed by atoms with Crippen LogP contribution in [0.4, 0.5) is 0 Å². The van der Waals surface area contributed by atoms with Crippen molar-refractivity contribution in [2.24, 2.45) is 0 Å². The summed E-state index contributed by atoms with van der Waals surface area (Å²) in [5.74, 6) is 0.0348. The minimum atomic E-state index is -3.59. The smallest absolute Gasteiger partial charge is 0.243 e. The Morgan fingerprint density at radius 2 is 2.04 bits per heavy atom. The van der Waals surface area contributed by atoms with Crippen LogP contribution in [0.5, 0.6) is 5.75 Å². The van der Waals surface area contributed by atoms with Crippen LogP contribution in [-0.4, -0.2) is 43.0 Å². The maximum absolute atomic E-state index is 13.1. The van der Waals surface area contributed by atoms with Crippen LogP contribution in [0.1, 0.15) is 24.8 Å². The van der Waals surface area contributed by atoms with Crippen LogP contribution in [0.15, 0.2) is 29.3 Å². The molecule has 1 fully saturated rings. The fraction of sp³-hybridized carbons (Fsp3) is 0.438. The average molecular weight is 335 g/mol. The minimum Gasteiger partial charge on any atom is -0.505 e. The predicted octanol–water partition coefficient (Wildman–Crippen LogP) is 1.83. The number of phenols is 1. The molecule has 0 unspecified atom stereocenters. The summed E-state index contributed by atoms with van der Waals surface area (Å²) in [5.41, 5.74) is 0.866. The highest BCUT2D eigenvalue weighted by molar-refractivity contribution is 7.89. The second-order valence-electron chi connectivity index (χ2n) is 5.78. The molecule has 1 aromatic carbocycles. The van der Waals surface area contributed by atoms with Crippen molar-refractivity contribution in [2.75, 3.05) is 20.1 Å². The van der Waals surface area contributed by atoms with Gasteiger partial charge in [0.05, 0.1) is 4.90 Å². The number of phenolic OH excluding ortho intramolecular Hbond substituents is 1. The summed E-state index contributed by atoms with van der Waals surface area (Å²) < 4.78 is 27.7. The fourth-order valence-electron chi connectivity index (χ4n) is 3.03. The first-order valence-electron chi connectivity index (χ1n) is 7.80. The van der Waals surface area contributed by atoms with Crippen molar-refractivity contribution in [2.45, 2.75) is 30.7 Å². The molecule has 23 heavy (non-hydrogen) atoms. The Hall–Kier alpha value is -1.70. The molecule has 0 saturated carbocycles. The largest absolute Gasteiger partial charge is 0.505 e. The Bertz CT molecular complexity index is 815. The zero-order chi connectivity index (χ0) is 16.4. The van der Waals surface area contributed by atoms with Gasteiger partial charge >= 0.3 is 0 Å². The number of hydrogen-bond donors (Lipinski definition) is 2. The molecule has 0 bridgehead atoms. The van der Waals surface area contributed by atoms with Gasteiger partial charge in [0.2, 0.25) is 10.0 Å². The summed E-state index contributed by atoms with van der Waals surface area (Å²) in [6.07, 6.45) is 4.39. The molecule has 6 nitrogen and oxygen atoms in total. The van der Waals surface area contributed by atoms with Crippen molar-refractivity contribution in [3.63, 3.8) is 0 Å². The lowest BCUT2D eigenvalue weighted by molar-refractivity contribution is 0.347. The first-order valence-corrected chi connectivity index (χ1v) is 9.24. The van der Waals surface area contributed by atoms with E-state index in [0.717, 1.165) is 19.3 Å². The maximum atomic E-state index is 13.1. The van der Waals surface area contributed by atoms with Crippen molar-refractivity contribution >= 4 is 20.9 Å². The topological polar surface area (TPSA) is 82.5 Å². The van der Waals surface area contributed by atoms with Crippen LogP contribution in [0, 0.1) is 0 Å². The third-order valence-corrected chi connectivity index (χ3v) is 6.15. The highest BCUT2D eigenvalue weighted by Gasteiger charge is 2.29. The Balaban J connectivity index is 2.21. The van der Waals surface area contributed by atoms with Gasteiger partial charge in [0, 0.05) is 36.8 Å². The summed E-state index contributed by atoms with van der Waals surface area (Å²) in [7, 11) is -1.84. The number of aromatic nitrogens is 1. The van der Waals surface area contributed by atoms with Crippen LogP contribution in [0.2, 0.25) is 0 Å². The van der Waals surface area contributed by atoms with Crippen molar-refractivity contribution in [3.05, 3.63) is 30.0 Å². The normalized spacial score (nSPS) is 16.7. The molecule has 124 valence electrons. The standard InChI is InChI=1S/C16H21N3O3S/c1-17-11-12-10-14(13-6-5-7-18-15(13)16(12)20)23(21,22)19-8-3-2-4-9-19/h5-7,10,17,20H,2-4,8-9,11H2,1H3. The van der Waals surface area contributed by atoms with Crippen molar-refractivity contribution in [3.8, 4) is 5.75 Å². The molecular formula is C16H21N3O3S. The number of fused-ring (bicyclic) bond motifs is 1. The molecule has 0 atom stereocenters. The van der Waals surface area contributed by atoms with Gasteiger partial charge in [-0.05, 0) is 38.1 Å². The number of piperidine rings is 1. The van der Waals surface area contributed by atoms with Gasteiger partial charge in [-0.1, -0.05) is 6.42 Å². The molecule has 0 spiro atoms. The van der Waals surface area contributed by atoms with Crippen LogP contribution in [-0.2, 0) is 16.6 Å². The molecular weight excluding hydrogens is 314 g/mol. The molecule has 7 heteroatoms. The van der Waals surface area contributed by atoms with E-state index in [1.54, 1.807) is 35.7 Å². The Kier molecular flexibility index (Phi) is 4.52. The van der Waals surface area contributed by atoms with Gasteiger partial charge in [0.1, 0.15) is 11.3 Å². The molecule has 1 aromatic heterocycles. The molecule has 3 rings (SSSR count). The average Bonchev–Trinajstić information content (AvgIpc) is 2.58. The van der Waals surface area contributed by atoms with Gasteiger partial charge in [-0.2, -0.15) is 4.31 Å². The molecule has 1 aliphatic heterocycles. The monoisotopic (exact) mass is 335 g/mol. The third-order valence-electron chi connectivity index (χ3n) is 4.21. The number of nitrogens with one attached hydrogen (secondary N) is 1. The fourth-order valence-corrected chi connectivity index (χ4v) is 4.78. The molecule has 1 saturated heterocycles. The molecule has 2 aromatic rings. The zero-order valence-corrected chi connectivity index (χ0v) is 13.9. The van der Waals surface area contributed by atoms with Crippen molar-refractivity contribution in [1.82, 2.24) is 14.6 Å². The van der Waals surface area contributed by atoms with E-state index in [4.69, 9.17) is 0 Å². The number of hydrogen-bond acceptors (Lipinski definition) is 5. The van der Waals surface area contributed by atoms with E-state index >= 15 is 0 Å². The van der Waals surface area contributed by atoms with E-state index in [2.05, 4.69) is 10.3 Å². The van der Waals surface area contributed by atoms with Crippen molar-refractivity contribution in [1.29, 1.82) is 0 Å². The second-order valence-corrected chi connectivity index (χ2v) is 7.68. The number of nitrogens with zero attached hydrogens (tertiary/aromatic N) is 2. The Morgan fingerprint density at radius 1 is 1.30 bits per heavy atom. The Labute approximate surface area is 136 Å². The Morgan fingerprint density at radius 3 is 2.74 bits per heavy atom. The number of pyridine rings is 1. The minimum absolute atomic E-state index is 0.0348. The summed E-state index contributed by atoms with van der Waals surface area (Å²) >= 11 is 0. The van der Waals surface area contributed by atoms with Gasteiger partial charge < -0.3 is 10.4 Å². The summed E-state index contributed by atoms with van der Waals surface area (Å²) in [6, 6.07) is 4.95. The van der Waals surface area contributed by atoms with Gasteiger partial charge in [0.15, 0.2) is 0 Å². The van der Waals surface area contributed by atoms with Crippen LogP contribution in [0.3, 0.4) is 0 Å². The molecule has 2 heterocycles. The number of sulfonamides is 1. The lowest BCUT2D eigenvalue weighted by Gasteiger charge is -2.26. The van der Waals surface area contributed by atoms with Crippen LogP contribution in [0.25, 0.3) is 10.9 Å². The molecule has 2 N–H and O–H groups in total. The van der Waals surface area contributed by atoms with E-state index in [0.29, 0.717) is 36.1 Å². The lowest BCUT2D eigenvalue weighted by atomic mass is 10.1. The zero-order valence-electron chi connectivity index (χ0n) is 13.1. The predicted molar refractivity (Wildman–Crippen MR) is 88.8 cm³/mol. The summed E-state index contributed by atoms with van der Waals surface area (Å²) in [4.78, 5) is 4.41. The highest BCUT2D eigenvalue weighted by Crippen LogP contribution is 2.34. The molecule has 1 aliphatic rings. The first kappa shape index (κ1) is 16.2. The number of rotatable bonds is 4. The summed E-state index contributed by atoms with van der Waals surface area (Å²) in [6.45, 7) is 1.47. The number of aromatic hydroxyl groups is 1. The van der Waals surface area contributed by atoms with E-state index in [1.165, 1.54) is 0 Å². The van der Waals surface area contributed by atoms with E-state index in [-0.39, 0.29) is 10.6 Å². The van der Waals surface area contributed by atoms with E-state index < -0.39 is 10.0 Å². The molecule has 0 radical (unpaired) electrons. The van der Waals surface area contributed by atoms with E-state index in [9.17, 15) is 13.5 Å². The second kappa shape index (κ2) is 6.43. The maximum Gasteiger partial charge on any atom is 0.243 e. The summed E-state index contributed by atoms with van der Waals surface area (Å²) in [5, 5.41) is 13.8.